The molecule has 0 heterocycles. The maximum absolute atomic E-state index is 11.0. The molecule has 94 valence electrons. The SMILES string of the molecule is CCOc1cc(C)c(CNC(=O)OC)cc1Cl. The smallest absolute Gasteiger partial charge is 0.407 e. The molecule has 0 saturated heterocycles. The average molecular weight is 258 g/mol. The highest BCUT2D eigenvalue weighted by Crippen LogP contribution is 2.28. The number of hydrogen-bond donors (Lipinski definition) is 1. The second-order valence-corrected chi connectivity index (χ2v) is 3.89. The van der Waals surface area contributed by atoms with Crippen LogP contribution in [0.3, 0.4) is 0 Å². The van der Waals surface area contributed by atoms with Gasteiger partial charge in [0.1, 0.15) is 5.75 Å². The minimum absolute atomic E-state index is 0.380. The lowest BCUT2D eigenvalue weighted by molar-refractivity contribution is 0.170. The maximum Gasteiger partial charge on any atom is 0.407 e. The fourth-order valence-electron chi connectivity index (χ4n) is 1.39. The second kappa shape index (κ2) is 6.35. The molecule has 4 nitrogen and oxygen atoms in total. The molecule has 1 aromatic rings. The van der Waals surface area contributed by atoms with Crippen LogP contribution in [0.1, 0.15) is 18.1 Å². The van der Waals surface area contributed by atoms with Gasteiger partial charge in [0.25, 0.3) is 0 Å². The summed E-state index contributed by atoms with van der Waals surface area (Å²) in [5.74, 6) is 0.661. The Balaban J connectivity index is 2.80. The number of hydrogen-bond acceptors (Lipinski definition) is 3. The van der Waals surface area contributed by atoms with Gasteiger partial charge in [-0.25, -0.2) is 4.79 Å². The first kappa shape index (κ1) is 13.6. The fraction of sp³-hybridized carbons (Fsp3) is 0.417. The van der Waals surface area contributed by atoms with E-state index < -0.39 is 6.09 Å². The van der Waals surface area contributed by atoms with Gasteiger partial charge >= 0.3 is 6.09 Å². The standard InChI is InChI=1S/C12H16ClNO3/c1-4-17-11-5-8(2)9(6-10(11)13)7-14-12(15)16-3/h5-6H,4,7H2,1-3H3,(H,14,15). The molecule has 1 aromatic carbocycles. The molecule has 0 aliphatic carbocycles. The molecule has 5 heteroatoms. The Morgan fingerprint density at radius 1 is 1.47 bits per heavy atom. The van der Waals surface area contributed by atoms with E-state index in [4.69, 9.17) is 16.3 Å². The third-order valence-corrected chi connectivity index (χ3v) is 2.59. The van der Waals surface area contributed by atoms with Crippen LogP contribution in [0.15, 0.2) is 12.1 Å². The molecule has 17 heavy (non-hydrogen) atoms. The molecular weight excluding hydrogens is 242 g/mol. The Morgan fingerprint density at radius 3 is 2.76 bits per heavy atom. The van der Waals surface area contributed by atoms with Crippen LogP contribution >= 0.6 is 11.6 Å². The first-order chi connectivity index (χ1) is 8.08. The lowest BCUT2D eigenvalue weighted by atomic mass is 10.1. The van der Waals surface area contributed by atoms with Crippen LogP contribution in [0.2, 0.25) is 5.02 Å². The Bertz CT molecular complexity index is 407. The Kier molecular flexibility index (Phi) is 5.10. The van der Waals surface area contributed by atoms with E-state index >= 15 is 0 Å². The van der Waals surface area contributed by atoms with E-state index in [9.17, 15) is 4.79 Å². The topological polar surface area (TPSA) is 47.6 Å². The number of aryl methyl sites for hydroxylation is 1. The molecule has 0 fully saturated rings. The molecule has 0 aliphatic rings. The van der Waals surface area contributed by atoms with E-state index in [0.717, 1.165) is 11.1 Å². The van der Waals surface area contributed by atoms with Crippen LogP contribution in [0.25, 0.3) is 0 Å². The molecule has 1 N–H and O–H groups in total. The summed E-state index contributed by atoms with van der Waals surface area (Å²) >= 11 is 6.06. The molecule has 0 aliphatic heterocycles. The zero-order chi connectivity index (χ0) is 12.8. The molecular formula is C12H16ClNO3. The van der Waals surface area contributed by atoms with Crippen molar-refractivity contribution in [2.75, 3.05) is 13.7 Å². The number of halogens is 1. The summed E-state index contributed by atoms with van der Waals surface area (Å²) in [6.45, 7) is 4.79. The third-order valence-electron chi connectivity index (χ3n) is 2.30. The highest BCUT2D eigenvalue weighted by molar-refractivity contribution is 6.32. The van der Waals surface area contributed by atoms with Crippen LogP contribution in [0.5, 0.6) is 5.75 Å². The number of carbonyl (C=O) groups excluding carboxylic acids is 1. The Hall–Kier alpha value is -1.42. The van der Waals surface area contributed by atoms with Gasteiger partial charge in [-0.3, -0.25) is 0 Å². The van der Waals surface area contributed by atoms with Gasteiger partial charge in [0.2, 0.25) is 0 Å². The van der Waals surface area contributed by atoms with E-state index in [1.165, 1.54) is 7.11 Å². The summed E-state index contributed by atoms with van der Waals surface area (Å²) in [5.41, 5.74) is 1.94. The van der Waals surface area contributed by atoms with Gasteiger partial charge in [-0.15, -0.1) is 0 Å². The van der Waals surface area contributed by atoms with E-state index in [0.29, 0.717) is 23.9 Å². The third kappa shape index (κ3) is 3.82. The van der Waals surface area contributed by atoms with Gasteiger partial charge in [0, 0.05) is 6.54 Å². The molecule has 1 rings (SSSR count). The Labute approximate surface area is 106 Å². The molecule has 1 amide bonds. The van der Waals surface area contributed by atoms with Crippen molar-refractivity contribution in [3.05, 3.63) is 28.3 Å². The van der Waals surface area contributed by atoms with Crippen molar-refractivity contribution >= 4 is 17.7 Å². The van der Waals surface area contributed by atoms with Crippen LogP contribution in [-0.2, 0) is 11.3 Å². The summed E-state index contributed by atoms with van der Waals surface area (Å²) in [7, 11) is 1.33. The van der Waals surface area contributed by atoms with Gasteiger partial charge in [-0.1, -0.05) is 11.6 Å². The van der Waals surface area contributed by atoms with Crippen molar-refractivity contribution in [1.29, 1.82) is 0 Å². The van der Waals surface area contributed by atoms with Crippen LogP contribution in [0.4, 0.5) is 4.79 Å². The minimum Gasteiger partial charge on any atom is -0.492 e. The van der Waals surface area contributed by atoms with Crippen LogP contribution in [0, 0.1) is 6.92 Å². The number of methoxy groups -OCH3 is 1. The van der Waals surface area contributed by atoms with Crippen molar-refractivity contribution in [2.45, 2.75) is 20.4 Å². The molecule has 0 atom stereocenters. The zero-order valence-electron chi connectivity index (χ0n) is 10.2. The summed E-state index contributed by atoms with van der Waals surface area (Å²) in [4.78, 5) is 11.0. The van der Waals surface area contributed by atoms with Gasteiger partial charge in [0.05, 0.1) is 18.7 Å². The monoisotopic (exact) mass is 257 g/mol. The van der Waals surface area contributed by atoms with Crippen LogP contribution in [-0.4, -0.2) is 19.8 Å². The van der Waals surface area contributed by atoms with E-state index in [2.05, 4.69) is 10.1 Å². The van der Waals surface area contributed by atoms with Crippen molar-refractivity contribution in [2.24, 2.45) is 0 Å². The van der Waals surface area contributed by atoms with Crippen molar-refractivity contribution in [3.63, 3.8) is 0 Å². The van der Waals surface area contributed by atoms with E-state index in [-0.39, 0.29) is 0 Å². The van der Waals surface area contributed by atoms with Crippen molar-refractivity contribution < 1.29 is 14.3 Å². The highest BCUT2D eigenvalue weighted by atomic mass is 35.5. The van der Waals surface area contributed by atoms with Gasteiger partial charge in [0.15, 0.2) is 0 Å². The lowest BCUT2D eigenvalue weighted by Crippen LogP contribution is -2.22. The second-order valence-electron chi connectivity index (χ2n) is 3.49. The normalized spacial score (nSPS) is 9.88. The quantitative estimate of drug-likeness (QED) is 0.902. The van der Waals surface area contributed by atoms with Crippen LogP contribution < -0.4 is 10.1 Å². The Morgan fingerprint density at radius 2 is 2.18 bits per heavy atom. The average Bonchev–Trinajstić information content (AvgIpc) is 2.31. The fourth-order valence-corrected chi connectivity index (χ4v) is 1.63. The first-order valence-electron chi connectivity index (χ1n) is 5.32. The zero-order valence-corrected chi connectivity index (χ0v) is 10.9. The number of ether oxygens (including phenoxy) is 2. The molecule has 0 radical (unpaired) electrons. The van der Waals surface area contributed by atoms with Gasteiger partial charge < -0.3 is 14.8 Å². The van der Waals surface area contributed by atoms with Crippen molar-refractivity contribution in [1.82, 2.24) is 5.32 Å². The summed E-state index contributed by atoms with van der Waals surface area (Å²) < 4.78 is 9.87. The first-order valence-corrected chi connectivity index (χ1v) is 5.70. The number of nitrogens with one attached hydrogen (secondary N) is 1. The number of carbonyl (C=O) groups is 1. The van der Waals surface area contributed by atoms with E-state index in [1.54, 1.807) is 6.07 Å². The molecule has 0 unspecified atom stereocenters. The predicted octanol–water partition coefficient (Wildman–Crippen LogP) is 2.90. The molecule has 0 spiro atoms. The number of benzene rings is 1. The number of amides is 1. The summed E-state index contributed by atoms with van der Waals surface area (Å²) in [6, 6.07) is 3.65. The summed E-state index contributed by atoms with van der Waals surface area (Å²) in [6.07, 6.45) is -0.464. The largest absolute Gasteiger partial charge is 0.492 e. The maximum atomic E-state index is 11.0. The molecule has 0 saturated carbocycles. The number of rotatable bonds is 4. The predicted molar refractivity (Wildman–Crippen MR) is 66.6 cm³/mol. The molecule has 0 bridgehead atoms. The summed E-state index contributed by atoms with van der Waals surface area (Å²) in [5, 5.41) is 3.15. The van der Waals surface area contributed by atoms with Gasteiger partial charge in [-0.2, -0.15) is 0 Å². The van der Waals surface area contributed by atoms with Crippen molar-refractivity contribution in [3.8, 4) is 5.75 Å². The highest BCUT2D eigenvalue weighted by Gasteiger charge is 2.08. The number of alkyl carbamates (subject to hydrolysis) is 1. The van der Waals surface area contributed by atoms with Gasteiger partial charge in [-0.05, 0) is 37.1 Å². The van der Waals surface area contributed by atoms with E-state index in [1.807, 2.05) is 19.9 Å². The lowest BCUT2D eigenvalue weighted by Gasteiger charge is -2.11. The molecule has 0 aromatic heterocycles. The minimum atomic E-state index is -0.464.